The van der Waals surface area contributed by atoms with Gasteiger partial charge >= 0.3 is 0 Å². The lowest BCUT2D eigenvalue weighted by atomic mass is 10.1. The summed E-state index contributed by atoms with van der Waals surface area (Å²) in [6.45, 7) is 11.4. The second-order valence-electron chi connectivity index (χ2n) is 5.81. The maximum Gasteiger partial charge on any atom is 0.0595 e. The third-order valence-electron chi connectivity index (χ3n) is 3.17. The summed E-state index contributed by atoms with van der Waals surface area (Å²) < 4.78 is 5.37. The standard InChI is InChI=1S/C13H28N2O/c1-13(2,3)14-8-5-9-15-10-6-12(16-4)7-11-15/h12,14H,5-11H2,1-4H3. The zero-order valence-electron chi connectivity index (χ0n) is 11.4. The molecule has 3 heteroatoms. The van der Waals surface area contributed by atoms with Gasteiger partial charge in [0.2, 0.25) is 0 Å². The van der Waals surface area contributed by atoms with E-state index < -0.39 is 0 Å². The average Bonchev–Trinajstić information content (AvgIpc) is 2.24. The Morgan fingerprint density at radius 2 is 1.88 bits per heavy atom. The molecule has 1 saturated heterocycles. The first-order valence-corrected chi connectivity index (χ1v) is 6.51. The fraction of sp³-hybridized carbons (Fsp3) is 1.00. The van der Waals surface area contributed by atoms with E-state index in [1.165, 1.54) is 38.9 Å². The molecule has 0 amide bonds. The minimum atomic E-state index is 0.253. The van der Waals surface area contributed by atoms with Crippen LogP contribution in [-0.2, 0) is 4.74 Å². The van der Waals surface area contributed by atoms with Crippen molar-refractivity contribution in [2.24, 2.45) is 0 Å². The van der Waals surface area contributed by atoms with Crippen LogP contribution in [-0.4, -0.2) is 49.8 Å². The Bertz CT molecular complexity index is 181. The van der Waals surface area contributed by atoms with Gasteiger partial charge in [0.1, 0.15) is 0 Å². The van der Waals surface area contributed by atoms with E-state index in [4.69, 9.17) is 4.74 Å². The van der Waals surface area contributed by atoms with Gasteiger partial charge in [-0.15, -0.1) is 0 Å². The molecule has 1 heterocycles. The molecular weight excluding hydrogens is 200 g/mol. The van der Waals surface area contributed by atoms with E-state index >= 15 is 0 Å². The zero-order chi connectivity index (χ0) is 12.0. The maximum atomic E-state index is 5.37. The molecule has 0 aromatic rings. The summed E-state index contributed by atoms with van der Waals surface area (Å²) in [5, 5.41) is 3.53. The minimum Gasteiger partial charge on any atom is -0.381 e. The molecule has 1 rings (SSSR count). The van der Waals surface area contributed by atoms with Crippen LogP contribution in [0.3, 0.4) is 0 Å². The van der Waals surface area contributed by atoms with Crippen molar-refractivity contribution in [1.82, 2.24) is 10.2 Å². The molecule has 1 aliphatic rings. The maximum absolute atomic E-state index is 5.37. The zero-order valence-corrected chi connectivity index (χ0v) is 11.4. The summed E-state index contributed by atoms with van der Waals surface area (Å²) in [7, 11) is 1.83. The third-order valence-corrected chi connectivity index (χ3v) is 3.17. The van der Waals surface area contributed by atoms with E-state index in [1.807, 2.05) is 7.11 Å². The number of nitrogens with one attached hydrogen (secondary N) is 1. The first-order valence-electron chi connectivity index (χ1n) is 6.51. The van der Waals surface area contributed by atoms with Gasteiger partial charge < -0.3 is 15.0 Å². The highest BCUT2D eigenvalue weighted by Crippen LogP contribution is 2.12. The molecule has 96 valence electrons. The van der Waals surface area contributed by atoms with E-state index in [2.05, 4.69) is 31.0 Å². The molecule has 1 N–H and O–H groups in total. The molecule has 1 fully saturated rings. The Balaban J connectivity index is 2.02. The van der Waals surface area contributed by atoms with Crippen molar-refractivity contribution < 1.29 is 4.74 Å². The van der Waals surface area contributed by atoms with Crippen LogP contribution < -0.4 is 5.32 Å². The van der Waals surface area contributed by atoms with E-state index in [0.717, 1.165) is 6.54 Å². The van der Waals surface area contributed by atoms with Crippen LogP contribution in [0.15, 0.2) is 0 Å². The van der Waals surface area contributed by atoms with Crippen molar-refractivity contribution in [2.75, 3.05) is 33.3 Å². The number of ether oxygens (including phenoxy) is 1. The van der Waals surface area contributed by atoms with Crippen molar-refractivity contribution in [3.05, 3.63) is 0 Å². The number of likely N-dealkylation sites (tertiary alicyclic amines) is 1. The molecule has 0 aromatic carbocycles. The Morgan fingerprint density at radius 3 is 2.38 bits per heavy atom. The largest absolute Gasteiger partial charge is 0.381 e. The molecule has 0 saturated carbocycles. The number of methoxy groups -OCH3 is 1. The summed E-state index contributed by atoms with van der Waals surface area (Å²) >= 11 is 0. The van der Waals surface area contributed by atoms with E-state index in [0.29, 0.717) is 6.10 Å². The minimum absolute atomic E-state index is 0.253. The molecular formula is C13H28N2O. The first kappa shape index (κ1) is 13.9. The fourth-order valence-corrected chi connectivity index (χ4v) is 2.13. The second-order valence-corrected chi connectivity index (χ2v) is 5.81. The average molecular weight is 228 g/mol. The Kier molecular flexibility index (Phi) is 5.73. The molecule has 0 unspecified atom stereocenters. The Labute approximate surface area is 101 Å². The number of nitrogens with zero attached hydrogens (tertiary/aromatic N) is 1. The Morgan fingerprint density at radius 1 is 1.25 bits per heavy atom. The van der Waals surface area contributed by atoms with Crippen LogP contribution in [0.2, 0.25) is 0 Å². The topological polar surface area (TPSA) is 24.5 Å². The lowest BCUT2D eigenvalue weighted by molar-refractivity contribution is 0.0408. The highest BCUT2D eigenvalue weighted by atomic mass is 16.5. The molecule has 1 aliphatic heterocycles. The summed E-state index contributed by atoms with van der Waals surface area (Å²) in [6.07, 6.45) is 4.14. The van der Waals surface area contributed by atoms with Crippen LogP contribution in [0.5, 0.6) is 0 Å². The summed E-state index contributed by atoms with van der Waals surface area (Å²) in [4.78, 5) is 2.56. The van der Waals surface area contributed by atoms with Gasteiger partial charge in [-0.1, -0.05) is 0 Å². The fourth-order valence-electron chi connectivity index (χ4n) is 2.13. The van der Waals surface area contributed by atoms with Crippen molar-refractivity contribution >= 4 is 0 Å². The molecule has 16 heavy (non-hydrogen) atoms. The van der Waals surface area contributed by atoms with Gasteiger partial charge in [-0.3, -0.25) is 0 Å². The van der Waals surface area contributed by atoms with Crippen molar-refractivity contribution in [2.45, 2.75) is 51.7 Å². The van der Waals surface area contributed by atoms with Gasteiger partial charge in [-0.05, 0) is 53.1 Å². The first-order chi connectivity index (χ1) is 7.51. The number of hydrogen-bond acceptors (Lipinski definition) is 3. The van der Waals surface area contributed by atoms with E-state index in [1.54, 1.807) is 0 Å². The molecule has 0 radical (unpaired) electrons. The normalized spacial score (nSPS) is 20.2. The van der Waals surface area contributed by atoms with Crippen molar-refractivity contribution in [3.63, 3.8) is 0 Å². The molecule has 0 aromatic heterocycles. The SMILES string of the molecule is COC1CCN(CCCNC(C)(C)C)CC1. The molecule has 0 atom stereocenters. The van der Waals surface area contributed by atoms with Gasteiger partial charge in [-0.2, -0.15) is 0 Å². The summed E-state index contributed by atoms with van der Waals surface area (Å²) in [6, 6.07) is 0. The predicted molar refractivity (Wildman–Crippen MR) is 68.8 cm³/mol. The van der Waals surface area contributed by atoms with Gasteiger partial charge in [0, 0.05) is 25.7 Å². The van der Waals surface area contributed by atoms with E-state index in [-0.39, 0.29) is 5.54 Å². The van der Waals surface area contributed by atoms with Crippen LogP contribution >= 0.6 is 0 Å². The van der Waals surface area contributed by atoms with Gasteiger partial charge in [0.05, 0.1) is 6.10 Å². The number of hydrogen-bond donors (Lipinski definition) is 1. The predicted octanol–water partition coefficient (Wildman–Crippen LogP) is 1.88. The van der Waals surface area contributed by atoms with Crippen LogP contribution in [0.25, 0.3) is 0 Å². The van der Waals surface area contributed by atoms with Crippen LogP contribution in [0.4, 0.5) is 0 Å². The molecule has 0 spiro atoms. The lowest BCUT2D eigenvalue weighted by Gasteiger charge is -2.31. The summed E-state index contributed by atoms with van der Waals surface area (Å²) in [5.41, 5.74) is 0.253. The summed E-state index contributed by atoms with van der Waals surface area (Å²) in [5.74, 6) is 0. The highest BCUT2D eigenvalue weighted by molar-refractivity contribution is 4.74. The molecule has 0 bridgehead atoms. The van der Waals surface area contributed by atoms with Crippen LogP contribution in [0, 0.1) is 0 Å². The highest BCUT2D eigenvalue weighted by Gasteiger charge is 2.18. The second kappa shape index (κ2) is 6.58. The lowest BCUT2D eigenvalue weighted by Crippen LogP contribution is -2.40. The molecule has 0 aliphatic carbocycles. The van der Waals surface area contributed by atoms with Crippen molar-refractivity contribution in [3.8, 4) is 0 Å². The van der Waals surface area contributed by atoms with Crippen molar-refractivity contribution in [1.29, 1.82) is 0 Å². The molecule has 3 nitrogen and oxygen atoms in total. The number of rotatable bonds is 5. The number of piperidine rings is 1. The van der Waals surface area contributed by atoms with Gasteiger partial charge in [0.25, 0.3) is 0 Å². The van der Waals surface area contributed by atoms with E-state index in [9.17, 15) is 0 Å². The van der Waals surface area contributed by atoms with Gasteiger partial charge in [0.15, 0.2) is 0 Å². The third kappa shape index (κ3) is 5.83. The van der Waals surface area contributed by atoms with Gasteiger partial charge in [-0.25, -0.2) is 0 Å². The quantitative estimate of drug-likeness (QED) is 0.727. The smallest absolute Gasteiger partial charge is 0.0595 e. The Hall–Kier alpha value is -0.120. The van der Waals surface area contributed by atoms with Crippen LogP contribution in [0.1, 0.15) is 40.0 Å². The monoisotopic (exact) mass is 228 g/mol.